The summed E-state index contributed by atoms with van der Waals surface area (Å²) in [5, 5.41) is 8.06. The van der Waals surface area contributed by atoms with Crippen LogP contribution in [-0.4, -0.2) is 50.9 Å². The number of nitrogen functional groups attached to an aromatic ring is 1. The van der Waals surface area contributed by atoms with Crippen molar-refractivity contribution in [2.75, 3.05) is 31.2 Å². The number of rotatable bonds is 9. The number of aromatic nitrogens is 4. The van der Waals surface area contributed by atoms with E-state index in [-0.39, 0.29) is 24.1 Å². The lowest BCUT2D eigenvalue weighted by atomic mass is 10.1. The molecule has 3 heterocycles. The Morgan fingerprint density at radius 3 is 2.73 bits per heavy atom. The summed E-state index contributed by atoms with van der Waals surface area (Å²) in [6.45, 7) is 7.65. The van der Waals surface area contributed by atoms with Crippen LogP contribution >= 0.6 is 0 Å². The number of anilines is 2. The molecule has 1 atom stereocenters. The molecule has 9 heteroatoms. The van der Waals surface area contributed by atoms with Gasteiger partial charge in [-0.15, -0.1) is 0 Å². The standard InChI is InChI=1S/C24H33N7O2/c1-4-7-16(2)27-22-21-19(28-24(25)29-22)13-26-31(23(21)32)15-18-9-8-17(12-20(18)33-3)14-30-10-5-6-11-30/h8-9,12-13,16H,4-7,10-11,14-15H2,1-3H3,(H3,25,27,28,29)/t16-/m0/s1. The van der Waals surface area contributed by atoms with Crippen molar-refractivity contribution in [1.82, 2.24) is 24.6 Å². The van der Waals surface area contributed by atoms with E-state index in [4.69, 9.17) is 10.5 Å². The zero-order valence-corrected chi connectivity index (χ0v) is 19.7. The van der Waals surface area contributed by atoms with Crippen LogP contribution in [0.4, 0.5) is 11.8 Å². The number of fused-ring (bicyclic) bond motifs is 1. The first-order valence-corrected chi connectivity index (χ1v) is 11.7. The minimum absolute atomic E-state index is 0.114. The quantitative estimate of drug-likeness (QED) is 0.511. The summed E-state index contributed by atoms with van der Waals surface area (Å²) in [4.78, 5) is 24.4. The van der Waals surface area contributed by atoms with Crippen molar-refractivity contribution in [2.45, 2.75) is 58.7 Å². The van der Waals surface area contributed by atoms with Crippen LogP contribution in [0, 0.1) is 0 Å². The molecule has 1 fully saturated rings. The normalized spacial score (nSPS) is 15.1. The molecule has 1 aliphatic heterocycles. The number of ether oxygens (including phenoxy) is 1. The maximum Gasteiger partial charge on any atom is 0.280 e. The van der Waals surface area contributed by atoms with Gasteiger partial charge in [0.2, 0.25) is 5.95 Å². The highest BCUT2D eigenvalue weighted by Crippen LogP contribution is 2.24. The third kappa shape index (κ3) is 5.24. The highest BCUT2D eigenvalue weighted by molar-refractivity contribution is 5.88. The van der Waals surface area contributed by atoms with Gasteiger partial charge >= 0.3 is 0 Å². The molecule has 176 valence electrons. The molecule has 0 radical (unpaired) electrons. The second-order valence-electron chi connectivity index (χ2n) is 8.76. The Kier molecular flexibility index (Phi) is 7.08. The zero-order chi connectivity index (χ0) is 23.4. The molecule has 9 nitrogen and oxygen atoms in total. The van der Waals surface area contributed by atoms with Gasteiger partial charge in [-0.2, -0.15) is 10.1 Å². The number of nitrogens with zero attached hydrogens (tertiary/aromatic N) is 5. The first kappa shape index (κ1) is 23.0. The average Bonchev–Trinajstić information content (AvgIpc) is 3.29. The summed E-state index contributed by atoms with van der Waals surface area (Å²) in [5.41, 5.74) is 8.14. The molecular formula is C24H33N7O2. The van der Waals surface area contributed by atoms with Gasteiger partial charge in [0.15, 0.2) is 0 Å². The average molecular weight is 452 g/mol. The van der Waals surface area contributed by atoms with Crippen molar-refractivity contribution in [1.29, 1.82) is 0 Å². The van der Waals surface area contributed by atoms with E-state index in [0.29, 0.717) is 16.7 Å². The van der Waals surface area contributed by atoms with Crippen LogP contribution in [0.3, 0.4) is 0 Å². The van der Waals surface area contributed by atoms with E-state index in [0.717, 1.165) is 43.8 Å². The maximum absolute atomic E-state index is 13.4. The van der Waals surface area contributed by atoms with Crippen LogP contribution in [0.15, 0.2) is 29.2 Å². The lowest BCUT2D eigenvalue weighted by Crippen LogP contribution is -2.26. The van der Waals surface area contributed by atoms with Crippen molar-refractivity contribution >= 4 is 22.7 Å². The molecule has 1 aliphatic rings. The fourth-order valence-electron chi connectivity index (χ4n) is 4.44. The minimum Gasteiger partial charge on any atom is -0.496 e. The van der Waals surface area contributed by atoms with Gasteiger partial charge in [-0.25, -0.2) is 9.67 Å². The Labute approximate surface area is 194 Å². The Morgan fingerprint density at radius 1 is 1.21 bits per heavy atom. The van der Waals surface area contributed by atoms with Crippen LogP contribution in [0.2, 0.25) is 0 Å². The third-order valence-electron chi connectivity index (χ3n) is 6.10. The summed E-state index contributed by atoms with van der Waals surface area (Å²) < 4.78 is 7.08. The summed E-state index contributed by atoms with van der Waals surface area (Å²) in [5.74, 6) is 1.32. The first-order chi connectivity index (χ1) is 16.0. The van der Waals surface area contributed by atoms with Crippen molar-refractivity contribution in [3.8, 4) is 5.75 Å². The van der Waals surface area contributed by atoms with Gasteiger partial charge in [0.05, 0.1) is 19.9 Å². The van der Waals surface area contributed by atoms with Gasteiger partial charge < -0.3 is 15.8 Å². The van der Waals surface area contributed by atoms with Gasteiger partial charge in [0.25, 0.3) is 5.56 Å². The Balaban J connectivity index is 1.65. The molecule has 0 spiro atoms. The van der Waals surface area contributed by atoms with Crippen LogP contribution in [0.1, 0.15) is 50.7 Å². The summed E-state index contributed by atoms with van der Waals surface area (Å²) in [6, 6.07) is 6.33. The summed E-state index contributed by atoms with van der Waals surface area (Å²) in [7, 11) is 1.66. The SMILES string of the molecule is CCC[C@H](C)Nc1nc(N)nc2cnn(Cc3ccc(CN4CCCC4)cc3OC)c(=O)c12. The number of hydrogen-bond acceptors (Lipinski definition) is 8. The van der Waals surface area contributed by atoms with Crippen molar-refractivity contribution < 1.29 is 4.74 Å². The van der Waals surface area contributed by atoms with Crippen LogP contribution < -0.4 is 21.3 Å². The predicted molar refractivity (Wildman–Crippen MR) is 131 cm³/mol. The first-order valence-electron chi connectivity index (χ1n) is 11.7. The summed E-state index contributed by atoms with van der Waals surface area (Å²) in [6.07, 6.45) is 6.06. The molecule has 2 aromatic heterocycles. The van der Waals surface area contributed by atoms with Crippen molar-refractivity contribution in [3.05, 3.63) is 45.9 Å². The van der Waals surface area contributed by atoms with Gasteiger partial charge in [-0.3, -0.25) is 9.69 Å². The topological polar surface area (TPSA) is 111 Å². The van der Waals surface area contributed by atoms with Crippen molar-refractivity contribution in [3.63, 3.8) is 0 Å². The van der Waals surface area contributed by atoms with E-state index in [2.05, 4.69) is 51.3 Å². The monoisotopic (exact) mass is 451 g/mol. The Morgan fingerprint density at radius 2 is 2.00 bits per heavy atom. The van der Waals surface area contributed by atoms with Gasteiger partial charge in [0.1, 0.15) is 22.5 Å². The highest BCUT2D eigenvalue weighted by Gasteiger charge is 2.17. The molecule has 4 rings (SSSR count). The third-order valence-corrected chi connectivity index (χ3v) is 6.10. The molecule has 0 unspecified atom stereocenters. The molecule has 0 aliphatic carbocycles. The zero-order valence-electron chi connectivity index (χ0n) is 19.7. The Hall–Kier alpha value is -3.20. The number of hydrogen-bond donors (Lipinski definition) is 2. The van der Waals surface area contributed by atoms with E-state index in [9.17, 15) is 4.79 Å². The van der Waals surface area contributed by atoms with Gasteiger partial charge in [-0.1, -0.05) is 25.5 Å². The molecule has 1 saturated heterocycles. The van der Waals surface area contributed by atoms with Gasteiger partial charge in [-0.05, 0) is 50.9 Å². The molecule has 0 amide bonds. The molecule has 33 heavy (non-hydrogen) atoms. The van der Waals surface area contributed by atoms with Crippen LogP contribution in [0.5, 0.6) is 5.75 Å². The fourth-order valence-corrected chi connectivity index (χ4v) is 4.44. The molecular weight excluding hydrogens is 418 g/mol. The lowest BCUT2D eigenvalue weighted by molar-refractivity contribution is 0.330. The second-order valence-corrected chi connectivity index (χ2v) is 8.76. The molecule has 3 N–H and O–H groups in total. The molecule has 0 saturated carbocycles. The number of nitrogens with one attached hydrogen (secondary N) is 1. The Bertz CT molecular complexity index is 1170. The molecule has 3 aromatic rings. The molecule has 0 bridgehead atoms. The van der Waals surface area contributed by atoms with E-state index in [1.165, 1.54) is 23.1 Å². The highest BCUT2D eigenvalue weighted by atomic mass is 16.5. The number of benzene rings is 1. The summed E-state index contributed by atoms with van der Waals surface area (Å²) >= 11 is 0. The van der Waals surface area contributed by atoms with E-state index in [1.807, 2.05) is 6.07 Å². The van der Waals surface area contributed by atoms with Gasteiger partial charge in [0, 0.05) is 18.2 Å². The number of likely N-dealkylation sites (tertiary alicyclic amines) is 1. The van der Waals surface area contributed by atoms with Crippen LogP contribution in [-0.2, 0) is 13.1 Å². The minimum atomic E-state index is -0.262. The van der Waals surface area contributed by atoms with E-state index in [1.54, 1.807) is 13.3 Å². The second kappa shape index (κ2) is 10.2. The van der Waals surface area contributed by atoms with Crippen molar-refractivity contribution in [2.24, 2.45) is 0 Å². The number of nitrogens with two attached hydrogens (primary N) is 1. The van der Waals surface area contributed by atoms with Crippen LogP contribution in [0.25, 0.3) is 10.9 Å². The van der Waals surface area contributed by atoms with E-state index >= 15 is 0 Å². The van der Waals surface area contributed by atoms with E-state index < -0.39 is 0 Å². The largest absolute Gasteiger partial charge is 0.496 e. The number of methoxy groups -OCH3 is 1. The lowest BCUT2D eigenvalue weighted by Gasteiger charge is -2.17. The smallest absolute Gasteiger partial charge is 0.280 e. The predicted octanol–water partition coefficient (Wildman–Crippen LogP) is 3.02. The molecule has 1 aromatic carbocycles. The maximum atomic E-state index is 13.4. The fraction of sp³-hybridized carbons (Fsp3) is 0.500.